The Morgan fingerprint density at radius 1 is 0.972 bits per heavy atom. The largest absolute Gasteiger partial charge is 0.504 e. The van der Waals surface area contributed by atoms with Crippen LogP contribution in [0.4, 0.5) is 11.5 Å². The lowest BCUT2D eigenvalue weighted by Gasteiger charge is -2.17. The SMILES string of the molecule is COC(=O)/C=C/c1cc(OC)c(OCc2ccccc2)cc1Nc1ncnc2cc(OC)c(O)cc12. The number of methoxy groups -OCH3 is 3. The van der Waals surface area contributed by atoms with Gasteiger partial charge in [-0.2, -0.15) is 0 Å². The van der Waals surface area contributed by atoms with Gasteiger partial charge in [-0.1, -0.05) is 30.3 Å². The minimum absolute atomic E-state index is 0.0460. The van der Waals surface area contributed by atoms with E-state index in [1.165, 1.54) is 32.7 Å². The molecule has 0 unspecified atom stereocenters. The molecule has 0 amide bonds. The number of nitrogens with one attached hydrogen (secondary N) is 1. The molecule has 2 N–H and O–H groups in total. The number of hydrogen-bond acceptors (Lipinski definition) is 9. The van der Waals surface area contributed by atoms with E-state index in [0.717, 1.165) is 5.56 Å². The van der Waals surface area contributed by atoms with Gasteiger partial charge in [0.15, 0.2) is 23.0 Å². The summed E-state index contributed by atoms with van der Waals surface area (Å²) in [6, 6.07) is 16.4. The highest BCUT2D eigenvalue weighted by Crippen LogP contribution is 2.38. The summed E-state index contributed by atoms with van der Waals surface area (Å²) in [5.74, 6) is 1.15. The highest BCUT2D eigenvalue weighted by atomic mass is 16.5. The molecule has 184 valence electrons. The quantitative estimate of drug-likeness (QED) is 0.252. The monoisotopic (exact) mass is 487 g/mol. The summed E-state index contributed by atoms with van der Waals surface area (Å²) in [5, 5.41) is 14.1. The maximum Gasteiger partial charge on any atom is 0.330 e. The summed E-state index contributed by atoms with van der Waals surface area (Å²) < 4.78 is 21.5. The number of carbonyl (C=O) groups is 1. The van der Waals surface area contributed by atoms with Crippen LogP contribution in [0.1, 0.15) is 11.1 Å². The smallest absolute Gasteiger partial charge is 0.330 e. The van der Waals surface area contributed by atoms with Gasteiger partial charge in [0.05, 0.1) is 32.5 Å². The number of carbonyl (C=O) groups excluding carboxylic acids is 1. The molecule has 9 nitrogen and oxygen atoms in total. The second-order valence-electron chi connectivity index (χ2n) is 7.61. The van der Waals surface area contributed by atoms with Crippen molar-refractivity contribution < 1.29 is 28.8 Å². The van der Waals surface area contributed by atoms with Gasteiger partial charge in [0.25, 0.3) is 0 Å². The van der Waals surface area contributed by atoms with Crippen LogP contribution in [0, 0.1) is 0 Å². The van der Waals surface area contributed by atoms with Crippen LogP contribution in [0.3, 0.4) is 0 Å². The van der Waals surface area contributed by atoms with Crippen molar-refractivity contribution >= 4 is 34.5 Å². The van der Waals surface area contributed by atoms with Gasteiger partial charge in [0.1, 0.15) is 18.8 Å². The Hall–Kier alpha value is -4.79. The first-order valence-electron chi connectivity index (χ1n) is 11.0. The van der Waals surface area contributed by atoms with E-state index in [2.05, 4.69) is 15.3 Å². The summed E-state index contributed by atoms with van der Waals surface area (Å²) in [7, 11) is 4.32. The third-order valence-corrected chi connectivity index (χ3v) is 5.36. The number of aromatic hydroxyl groups is 1. The summed E-state index contributed by atoms with van der Waals surface area (Å²) in [6.07, 6.45) is 4.31. The van der Waals surface area contributed by atoms with E-state index in [4.69, 9.17) is 18.9 Å². The maximum atomic E-state index is 11.8. The number of phenolic OH excluding ortho intramolecular Hbond substituents is 1. The van der Waals surface area contributed by atoms with Crippen molar-refractivity contribution in [2.24, 2.45) is 0 Å². The number of esters is 1. The van der Waals surface area contributed by atoms with Gasteiger partial charge in [-0.3, -0.25) is 0 Å². The van der Waals surface area contributed by atoms with E-state index in [9.17, 15) is 9.90 Å². The summed E-state index contributed by atoms with van der Waals surface area (Å²) in [4.78, 5) is 20.4. The number of aromatic nitrogens is 2. The average Bonchev–Trinajstić information content (AvgIpc) is 2.91. The highest BCUT2D eigenvalue weighted by molar-refractivity contribution is 5.94. The van der Waals surface area contributed by atoms with Gasteiger partial charge >= 0.3 is 5.97 Å². The molecular weight excluding hydrogens is 462 g/mol. The normalized spacial score (nSPS) is 10.9. The van der Waals surface area contributed by atoms with E-state index in [-0.39, 0.29) is 5.75 Å². The third kappa shape index (κ3) is 5.47. The molecule has 0 atom stereocenters. The van der Waals surface area contributed by atoms with Crippen LogP contribution in [0.15, 0.2) is 67.0 Å². The van der Waals surface area contributed by atoms with Crippen LogP contribution in [0.25, 0.3) is 17.0 Å². The molecule has 0 aliphatic carbocycles. The topological polar surface area (TPSA) is 112 Å². The summed E-state index contributed by atoms with van der Waals surface area (Å²) in [6.45, 7) is 0.331. The lowest BCUT2D eigenvalue weighted by atomic mass is 10.1. The van der Waals surface area contributed by atoms with Gasteiger partial charge < -0.3 is 29.4 Å². The van der Waals surface area contributed by atoms with Gasteiger partial charge in [-0.25, -0.2) is 14.8 Å². The standard InChI is InChI=1S/C27H25N3O6/c1-33-23-14-21-19(12-22(23)31)27(29-16-28-21)30-20-13-25(36-15-17-7-5-4-6-8-17)24(34-2)11-18(20)9-10-26(32)35-3/h4-14,16,31H,15H2,1-3H3,(H,28,29,30)/b10-9+. The fourth-order valence-corrected chi connectivity index (χ4v) is 3.52. The van der Waals surface area contributed by atoms with Crippen molar-refractivity contribution in [3.8, 4) is 23.0 Å². The second-order valence-corrected chi connectivity index (χ2v) is 7.61. The fraction of sp³-hybridized carbons (Fsp3) is 0.148. The van der Waals surface area contributed by atoms with Crippen molar-refractivity contribution in [2.45, 2.75) is 6.61 Å². The zero-order chi connectivity index (χ0) is 25.5. The highest BCUT2D eigenvalue weighted by Gasteiger charge is 2.15. The van der Waals surface area contributed by atoms with Crippen molar-refractivity contribution in [3.63, 3.8) is 0 Å². The van der Waals surface area contributed by atoms with E-state index in [1.807, 2.05) is 30.3 Å². The predicted octanol–water partition coefficient (Wildman–Crippen LogP) is 4.86. The molecule has 0 bridgehead atoms. The molecular formula is C27H25N3O6. The first-order valence-corrected chi connectivity index (χ1v) is 11.0. The summed E-state index contributed by atoms with van der Waals surface area (Å²) in [5.41, 5.74) is 2.76. The van der Waals surface area contributed by atoms with E-state index in [0.29, 0.717) is 51.8 Å². The molecule has 36 heavy (non-hydrogen) atoms. The predicted molar refractivity (Wildman–Crippen MR) is 136 cm³/mol. The Morgan fingerprint density at radius 3 is 2.47 bits per heavy atom. The number of anilines is 2. The molecule has 0 fully saturated rings. The van der Waals surface area contributed by atoms with Crippen molar-refractivity contribution in [3.05, 3.63) is 78.1 Å². The zero-order valence-corrected chi connectivity index (χ0v) is 20.0. The third-order valence-electron chi connectivity index (χ3n) is 5.36. The Labute approximate surface area is 207 Å². The first-order chi connectivity index (χ1) is 17.5. The van der Waals surface area contributed by atoms with Crippen LogP contribution in [0.5, 0.6) is 23.0 Å². The number of benzene rings is 3. The lowest BCUT2D eigenvalue weighted by molar-refractivity contribution is -0.134. The van der Waals surface area contributed by atoms with Gasteiger partial charge in [0, 0.05) is 29.2 Å². The van der Waals surface area contributed by atoms with Gasteiger partial charge in [0.2, 0.25) is 0 Å². The maximum absolute atomic E-state index is 11.8. The Bertz CT molecular complexity index is 1410. The van der Waals surface area contributed by atoms with Crippen LogP contribution >= 0.6 is 0 Å². The number of fused-ring (bicyclic) bond motifs is 1. The average molecular weight is 488 g/mol. The van der Waals surface area contributed by atoms with E-state index in [1.54, 1.807) is 31.4 Å². The van der Waals surface area contributed by atoms with Crippen molar-refractivity contribution in [2.75, 3.05) is 26.6 Å². The molecule has 4 rings (SSSR count). The fourth-order valence-electron chi connectivity index (χ4n) is 3.52. The summed E-state index contributed by atoms with van der Waals surface area (Å²) >= 11 is 0. The molecule has 0 aliphatic heterocycles. The first kappa shape index (κ1) is 24.3. The number of phenols is 1. The number of rotatable bonds is 9. The Kier molecular flexibility index (Phi) is 7.50. The molecule has 9 heteroatoms. The molecule has 1 heterocycles. The zero-order valence-electron chi connectivity index (χ0n) is 20.0. The Morgan fingerprint density at radius 2 is 1.75 bits per heavy atom. The molecule has 0 saturated heterocycles. The Balaban J connectivity index is 1.77. The van der Waals surface area contributed by atoms with Crippen LogP contribution in [-0.2, 0) is 16.1 Å². The minimum atomic E-state index is -0.506. The van der Waals surface area contributed by atoms with Gasteiger partial charge in [-0.05, 0) is 23.8 Å². The number of hydrogen-bond donors (Lipinski definition) is 2. The van der Waals surface area contributed by atoms with Crippen molar-refractivity contribution in [1.82, 2.24) is 9.97 Å². The van der Waals surface area contributed by atoms with E-state index >= 15 is 0 Å². The molecule has 4 aromatic rings. The molecule has 0 aliphatic rings. The molecule has 1 aromatic heterocycles. The van der Waals surface area contributed by atoms with Crippen LogP contribution in [0.2, 0.25) is 0 Å². The molecule has 0 saturated carbocycles. The molecule has 0 spiro atoms. The number of nitrogens with zero attached hydrogens (tertiary/aromatic N) is 2. The van der Waals surface area contributed by atoms with Crippen molar-refractivity contribution in [1.29, 1.82) is 0 Å². The molecule has 3 aromatic carbocycles. The van der Waals surface area contributed by atoms with E-state index < -0.39 is 5.97 Å². The van der Waals surface area contributed by atoms with Crippen LogP contribution in [-0.4, -0.2) is 42.4 Å². The van der Waals surface area contributed by atoms with Crippen LogP contribution < -0.4 is 19.5 Å². The number of ether oxygens (including phenoxy) is 4. The molecule has 0 radical (unpaired) electrons. The second kappa shape index (κ2) is 11.1. The van der Waals surface area contributed by atoms with Gasteiger partial charge in [-0.15, -0.1) is 0 Å². The lowest BCUT2D eigenvalue weighted by Crippen LogP contribution is -2.02. The minimum Gasteiger partial charge on any atom is -0.504 e.